The molecule has 0 saturated heterocycles. The number of carboxylic acids is 2. The standard InChI is InChI=1S/C19H23O4P.C18H21O4P/c1-2-9-18(16-12-7-4-8-13-16)24(22,23)14-17(19(20)21)15-10-5-3-6-11-15;1-2-17(15-11-7-4-8-12-15)23(21,22)13-16(18(19)20)14-9-5-3-6-10-14/h3-8,10-13,17-18H,2,9,14H2,1H3,(H,20,21)(H,22,23);3-12,16-17H,2,13H2,1H3,(H,19,20)(H,21,22). The van der Waals surface area contributed by atoms with Crippen molar-refractivity contribution in [2.75, 3.05) is 12.3 Å². The Labute approximate surface area is 277 Å². The molecule has 0 aliphatic heterocycles. The van der Waals surface area contributed by atoms with Crippen LogP contribution in [0, 0.1) is 0 Å². The van der Waals surface area contributed by atoms with Crippen molar-refractivity contribution in [3.8, 4) is 0 Å². The highest BCUT2D eigenvalue weighted by Gasteiger charge is 2.38. The number of aliphatic carboxylic acids is 2. The molecule has 6 atom stereocenters. The van der Waals surface area contributed by atoms with Gasteiger partial charge in [-0.15, -0.1) is 0 Å². The van der Waals surface area contributed by atoms with Crippen molar-refractivity contribution in [1.82, 2.24) is 0 Å². The highest BCUT2D eigenvalue weighted by atomic mass is 31.2. The van der Waals surface area contributed by atoms with Crippen molar-refractivity contribution < 1.29 is 38.7 Å². The van der Waals surface area contributed by atoms with Crippen LogP contribution in [0.3, 0.4) is 0 Å². The fourth-order valence-corrected chi connectivity index (χ4v) is 10.6. The molecule has 4 aromatic rings. The summed E-state index contributed by atoms with van der Waals surface area (Å²) in [7, 11) is -7.38. The predicted octanol–water partition coefficient (Wildman–Crippen LogP) is 8.94. The molecule has 0 saturated carbocycles. The molecule has 8 nitrogen and oxygen atoms in total. The summed E-state index contributed by atoms with van der Waals surface area (Å²) < 4.78 is 26.0. The van der Waals surface area contributed by atoms with E-state index in [4.69, 9.17) is 0 Å². The fraction of sp³-hybridized carbons (Fsp3) is 0.297. The highest BCUT2D eigenvalue weighted by Crippen LogP contribution is 2.60. The van der Waals surface area contributed by atoms with Crippen LogP contribution in [-0.4, -0.2) is 44.3 Å². The van der Waals surface area contributed by atoms with Gasteiger partial charge in [0.05, 0.1) is 23.2 Å². The first-order chi connectivity index (χ1) is 22.4. The Bertz CT molecular complexity index is 1630. The lowest BCUT2D eigenvalue weighted by atomic mass is 10.0. The number of carbonyl (C=O) groups is 2. The van der Waals surface area contributed by atoms with Crippen LogP contribution in [0.25, 0.3) is 0 Å². The smallest absolute Gasteiger partial charge is 0.311 e. The lowest BCUT2D eigenvalue weighted by Crippen LogP contribution is -2.18. The number of rotatable bonds is 15. The topological polar surface area (TPSA) is 149 Å². The molecular formula is C37H44O8P2. The molecule has 0 bridgehead atoms. The van der Waals surface area contributed by atoms with Gasteiger partial charge in [-0.25, -0.2) is 0 Å². The van der Waals surface area contributed by atoms with Crippen molar-refractivity contribution in [2.45, 2.75) is 56.3 Å². The Balaban J connectivity index is 0.000000256. The van der Waals surface area contributed by atoms with Gasteiger partial charge in [-0.2, -0.15) is 0 Å². The molecular weight excluding hydrogens is 634 g/mol. The summed E-state index contributed by atoms with van der Waals surface area (Å²) in [4.78, 5) is 44.6. The molecule has 0 aromatic heterocycles. The Morgan fingerprint density at radius 1 is 0.532 bits per heavy atom. The molecule has 0 aliphatic carbocycles. The average molecular weight is 679 g/mol. The van der Waals surface area contributed by atoms with Crippen LogP contribution < -0.4 is 0 Å². The van der Waals surface area contributed by atoms with E-state index in [0.29, 0.717) is 24.0 Å². The van der Waals surface area contributed by atoms with Crippen molar-refractivity contribution in [3.05, 3.63) is 144 Å². The van der Waals surface area contributed by atoms with Crippen LogP contribution in [0.15, 0.2) is 121 Å². The molecule has 0 aliphatic rings. The van der Waals surface area contributed by atoms with E-state index in [0.717, 1.165) is 17.5 Å². The van der Waals surface area contributed by atoms with Gasteiger partial charge >= 0.3 is 11.9 Å². The Morgan fingerprint density at radius 3 is 1.13 bits per heavy atom. The SMILES string of the molecule is CCC(c1ccccc1)P(=O)(O)CC(C(=O)O)c1ccccc1.CCCC(c1ccccc1)P(=O)(O)CC(C(=O)O)c1ccccc1. The Hall–Kier alpha value is -3.80. The summed E-state index contributed by atoms with van der Waals surface area (Å²) in [5.74, 6) is -4.11. The zero-order chi connectivity index (χ0) is 34.5. The monoisotopic (exact) mass is 678 g/mol. The van der Waals surface area contributed by atoms with Gasteiger partial charge in [0.15, 0.2) is 0 Å². The van der Waals surface area contributed by atoms with E-state index in [2.05, 4.69) is 0 Å². The highest BCUT2D eigenvalue weighted by molar-refractivity contribution is 7.58. The van der Waals surface area contributed by atoms with E-state index in [9.17, 15) is 38.7 Å². The van der Waals surface area contributed by atoms with Crippen LogP contribution in [0.1, 0.15) is 78.5 Å². The second-order valence-corrected chi connectivity index (χ2v) is 16.5. The summed E-state index contributed by atoms with van der Waals surface area (Å²) in [5.41, 5.74) is 1.60. The zero-order valence-corrected chi connectivity index (χ0v) is 28.5. The van der Waals surface area contributed by atoms with Crippen molar-refractivity contribution in [1.29, 1.82) is 0 Å². The summed E-state index contributed by atoms with van der Waals surface area (Å²) in [5, 5.41) is 19.0. The minimum absolute atomic E-state index is 0.258. The predicted molar refractivity (Wildman–Crippen MR) is 187 cm³/mol. The molecule has 0 heterocycles. The summed E-state index contributed by atoms with van der Waals surface area (Å²) in [6, 6.07) is 35.6. The minimum Gasteiger partial charge on any atom is -0.481 e. The Morgan fingerprint density at radius 2 is 0.830 bits per heavy atom. The largest absolute Gasteiger partial charge is 0.481 e. The molecule has 0 fully saturated rings. The molecule has 4 rings (SSSR count). The van der Waals surface area contributed by atoms with Gasteiger partial charge in [0.25, 0.3) is 0 Å². The average Bonchev–Trinajstić information content (AvgIpc) is 3.07. The summed E-state index contributed by atoms with van der Waals surface area (Å²) in [6.07, 6.45) is 1.27. The van der Waals surface area contributed by atoms with E-state index < -0.39 is 49.8 Å². The van der Waals surface area contributed by atoms with E-state index in [-0.39, 0.29) is 12.3 Å². The lowest BCUT2D eigenvalue weighted by molar-refractivity contribution is -0.139. The van der Waals surface area contributed by atoms with Crippen LogP contribution >= 0.6 is 14.7 Å². The van der Waals surface area contributed by atoms with Crippen molar-refractivity contribution >= 4 is 26.7 Å². The van der Waals surface area contributed by atoms with Gasteiger partial charge < -0.3 is 20.0 Å². The van der Waals surface area contributed by atoms with Crippen LogP contribution in [0.4, 0.5) is 0 Å². The van der Waals surface area contributed by atoms with E-state index >= 15 is 0 Å². The maximum absolute atomic E-state index is 13.1. The van der Waals surface area contributed by atoms with Crippen LogP contribution in [-0.2, 0) is 18.7 Å². The van der Waals surface area contributed by atoms with E-state index in [1.165, 1.54) is 0 Å². The second-order valence-electron chi connectivity index (χ2n) is 11.5. The van der Waals surface area contributed by atoms with Gasteiger partial charge in [-0.1, -0.05) is 142 Å². The second kappa shape index (κ2) is 17.9. The molecule has 10 heteroatoms. The van der Waals surface area contributed by atoms with Gasteiger partial charge in [0.2, 0.25) is 14.7 Å². The minimum atomic E-state index is -3.70. The van der Waals surface area contributed by atoms with Gasteiger partial charge in [0, 0.05) is 12.3 Å². The van der Waals surface area contributed by atoms with Crippen LogP contribution in [0.5, 0.6) is 0 Å². The van der Waals surface area contributed by atoms with E-state index in [1.807, 2.05) is 74.5 Å². The number of hydrogen-bond donors (Lipinski definition) is 4. The number of benzene rings is 4. The van der Waals surface area contributed by atoms with E-state index in [1.54, 1.807) is 60.7 Å². The third-order valence-electron chi connectivity index (χ3n) is 8.18. The fourth-order valence-electron chi connectivity index (χ4n) is 5.78. The molecule has 4 aromatic carbocycles. The zero-order valence-electron chi connectivity index (χ0n) is 26.7. The molecule has 250 valence electrons. The first-order valence-electron chi connectivity index (χ1n) is 15.7. The van der Waals surface area contributed by atoms with Gasteiger partial charge in [-0.05, 0) is 35.1 Å². The third-order valence-corrected chi connectivity index (χ3v) is 13.1. The van der Waals surface area contributed by atoms with Gasteiger partial charge in [0.1, 0.15) is 0 Å². The molecule has 6 unspecified atom stereocenters. The maximum Gasteiger partial charge on any atom is 0.311 e. The Kier molecular flexibility index (Phi) is 14.4. The molecule has 47 heavy (non-hydrogen) atoms. The normalized spacial score (nSPS) is 16.2. The number of hydrogen-bond acceptors (Lipinski definition) is 4. The molecule has 0 radical (unpaired) electrons. The van der Waals surface area contributed by atoms with Crippen molar-refractivity contribution in [2.24, 2.45) is 0 Å². The molecule has 0 amide bonds. The number of carboxylic acid groups (broad SMARTS) is 2. The maximum atomic E-state index is 13.1. The summed E-state index contributed by atoms with van der Waals surface area (Å²) >= 11 is 0. The summed E-state index contributed by atoms with van der Waals surface area (Å²) in [6.45, 7) is 3.81. The lowest BCUT2D eigenvalue weighted by Gasteiger charge is -2.26. The van der Waals surface area contributed by atoms with Crippen molar-refractivity contribution in [3.63, 3.8) is 0 Å². The first-order valence-corrected chi connectivity index (χ1v) is 19.5. The quantitative estimate of drug-likeness (QED) is 0.0911. The molecule has 4 N–H and O–H groups in total. The first kappa shape index (κ1) is 37.7. The van der Waals surface area contributed by atoms with Gasteiger partial charge in [-0.3, -0.25) is 18.7 Å². The molecule has 0 spiro atoms. The van der Waals surface area contributed by atoms with Crippen LogP contribution in [0.2, 0.25) is 0 Å². The third kappa shape index (κ3) is 10.9.